The van der Waals surface area contributed by atoms with E-state index in [-0.39, 0.29) is 36.2 Å². The fourth-order valence-corrected chi connectivity index (χ4v) is 4.50. The zero-order valence-corrected chi connectivity index (χ0v) is 25.0. The Morgan fingerprint density at radius 2 is 1.23 bits per heavy atom. The van der Waals surface area contributed by atoms with E-state index >= 15 is 0 Å². The van der Waals surface area contributed by atoms with Crippen LogP contribution in [0.25, 0.3) is 0 Å². The Bertz CT molecular complexity index is 1570. The summed E-state index contributed by atoms with van der Waals surface area (Å²) in [7, 11) is 0. The number of esters is 1. The van der Waals surface area contributed by atoms with Gasteiger partial charge in [0.25, 0.3) is 0 Å². The normalized spacial score (nSPS) is 12.1. The van der Waals surface area contributed by atoms with Crippen LogP contribution >= 0.6 is 0 Å². The molecule has 0 fully saturated rings. The van der Waals surface area contributed by atoms with Crippen molar-refractivity contribution in [3.05, 3.63) is 137 Å². The predicted octanol–water partition coefficient (Wildman–Crippen LogP) is 6.65. The van der Waals surface area contributed by atoms with Crippen LogP contribution in [0.5, 0.6) is 0 Å². The fourth-order valence-electron chi connectivity index (χ4n) is 4.50. The van der Waals surface area contributed by atoms with Gasteiger partial charge in [-0.25, -0.2) is 4.79 Å². The Labute approximate surface area is 257 Å². The number of hydrogen-bond donors (Lipinski definition) is 2. The van der Waals surface area contributed by atoms with Crippen molar-refractivity contribution in [2.45, 2.75) is 45.9 Å². The molecule has 2 atom stereocenters. The first-order valence-electron chi connectivity index (χ1n) is 14.4. The summed E-state index contributed by atoms with van der Waals surface area (Å²) in [4.78, 5) is 52.6. The van der Waals surface area contributed by atoms with Gasteiger partial charge in [0, 0.05) is 11.1 Å². The quantitative estimate of drug-likeness (QED) is 0.141. The molecular formula is C36H36N2O6. The molecule has 0 aliphatic rings. The van der Waals surface area contributed by atoms with Crippen LogP contribution in [-0.4, -0.2) is 29.8 Å². The highest BCUT2D eigenvalue weighted by Crippen LogP contribution is 2.27. The monoisotopic (exact) mass is 592 g/mol. The summed E-state index contributed by atoms with van der Waals surface area (Å²) in [6.45, 7) is 5.48. The van der Waals surface area contributed by atoms with E-state index in [0.29, 0.717) is 11.1 Å². The zero-order chi connectivity index (χ0) is 31.5. The molecule has 0 aromatic heterocycles. The molecule has 0 saturated carbocycles. The molecule has 0 spiro atoms. The molecule has 44 heavy (non-hydrogen) atoms. The van der Waals surface area contributed by atoms with E-state index in [0.717, 1.165) is 11.1 Å². The van der Waals surface area contributed by atoms with Crippen LogP contribution in [0, 0.1) is 5.92 Å². The molecule has 0 bridgehead atoms. The molecule has 4 aromatic carbocycles. The maximum Gasteiger partial charge on any atom is 0.408 e. The summed E-state index contributed by atoms with van der Waals surface area (Å²) in [5.41, 5.74) is 3.12. The van der Waals surface area contributed by atoms with Gasteiger partial charge in [-0.05, 0) is 41.7 Å². The van der Waals surface area contributed by atoms with Crippen LogP contribution in [0.15, 0.2) is 109 Å². The second kappa shape index (κ2) is 15.3. The first-order valence-corrected chi connectivity index (χ1v) is 14.4. The lowest BCUT2D eigenvalue weighted by Gasteiger charge is -2.22. The summed E-state index contributed by atoms with van der Waals surface area (Å²) < 4.78 is 10.8. The van der Waals surface area contributed by atoms with Crippen molar-refractivity contribution in [3.8, 4) is 0 Å². The van der Waals surface area contributed by atoms with Crippen molar-refractivity contribution < 1.29 is 28.7 Å². The van der Waals surface area contributed by atoms with Gasteiger partial charge in [0.15, 0.2) is 5.78 Å². The number of alkyl carbamates (subject to hydrolysis) is 1. The number of carbonyl (C=O) groups is 4. The van der Waals surface area contributed by atoms with Crippen molar-refractivity contribution in [2.24, 2.45) is 5.92 Å². The molecule has 0 radical (unpaired) electrons. The third-order valence-electron chi connectivity index (χ3n) is 7.09. The van der Waals surface area contributed by atoms with E-state index in [9.17, 15) is 19.2 Å². The molecule has 4 rings (SSSR count). The Hall–Kier alpha value is -5.24. The highest BCUT2D eigenvalue weighted by atomic mass is 16.5. The summed E-state index contributed by atoms with van der Waals surface area (Å²) in [5.74, 6) is -2.24. The van der Waals surface area contributed by atoms with Crippen LogP contribution in [-0.2, 0) is 32.3 Å². The molecule has 0 aliphatic carbocycles. The molecule has 2 N–H and O–H groups in total. The lowest BCUT2D eigenvalue weighted by Crippen LogP contribution is -2.47. The highest BCUT2D eigenvalue weighted by Gasteiger charge is 2.27. The summed E-state index contributed by atoms with van der Waals surface area (Å²) in [6, 6.07) is 31.2. The standard InChI is InChI=1S/C36H36N2O6/c1-24(2)32(38-36(42)44-23-27-15-9-5-10-16-27)34(40)37-31-20-19-29(21-30(31)33(39)28-17-11-6-12-18-28)25(3)35(41)43-22-26-13-7-4-8-14-26/h4-21,24-25,32H,22-23H2,1-3H3,(H,37,40)(H,38,42). The predicted molar refractivity (Wildman–Crippen MR) is 168 cm³/mol. The number of ether oxygens (including phenoxy) is 2. The van der Waals surface area contributed by atoms with Gasteiger partial charge in [-0.2, -0.15) is 0 Å². The van der Waals surface area contributed by atoms with Gasteiger partial charge in [0.05, 0.1) is 11.6 Å². The van der Waals surface area contributed by atoms with Crippen LogP contribution in [0.4, 0.5) is 10.5 Å². The molecule has 0 heterocycles. The van der Waals surface area contributed by atoms with Gasteiger partial charge < -0.3 is 20.1 Å². The molecule has 0 saturated heterocycles. The SMILES string of the molecule is CC(C(=O)OCc1ccccc1)c1ccc(NC(=O)C(NC(=O)OCc2ccccc2)C(C)C)c(C(=O)c2ccccc2)c1. The molecule has 4 aromatic rings. The number of ketones is 1. The average molecular weight is 593 g/mol. The molecule has 8 nitrogen and oxygen atoms in total. The minimum Gasteiger partial charge on any atom is -0.460 e. The second-order valence-electron chi connectivity index (χ2n) is 10.7. The number of amides is 2. The summed E-state index contributed by atoms with van der Waals surface area (Å²) in [6.07, 6.45) is -0.735. The van der Waals surface area contributed by atoms with E-state index in [4.69, 9.17) is 9.47 Å². The van der Waals surface area contributed by atoms with Crippen molar-refractivity contribution in [3.63, 3.8) is 0 Å². The number of rotatable bonds is 12. The number of benzene rings is 4. The highest BCUT2D eigenvalue weighted by molar-refractivity contribution is 6.14. The lowest BCUT2D eigenvalue weighted by molar-refractivity contribution is -0.146. The average Bonchev–Trinajstić information content (AvgIpc) is 3.05. The van der Waals surface area contributed by atoms with Crippen LogP contribution < -0.4 is 10.6 Å². The minimum atomic E-state index is -0.940. The lowest BCUT2D eigenvalue weighted by atomic mass is 9.94. The Balaban J connectivity index is 1.52. The first-order chi connectivity index (χ1) is 21.2. The number of anilines is 1. The Kier molecular flexibility index (Phi) is 11.0. The van der Waals surface area contributed by atoms with Gasteiger partial charge in [0.2, 0.25) is 5.91 Å². The number of hydrogen-bond acceptors (Lipinski definition) is 6. The van der Waals surface area contributed by atoms with Crippen molar-refractivity contribution in [1.29, 1.82) is 0 Å². The first kappa shape index (κ1) is 31.7. The van der Waals surface area contributed by atoms with Crippen LogP contribution in [0.1, 0.15) is 59.3 Å². The van der Waals surface area contributed by atoms with Crippen molar-refractivity contribution >= 4 is 29.4 Å². The van der Waals surface area contributed by atoms with Gasteiger partial charge in [-0.3, -0.25) is 14.4 Å². The maximum atomic E-state index is 13.6. The van der Waals surface area contributed by atoms with Gasteiger partial charge in [-0.1, -0.05) is 111 Å². The zero-order valence-electron chi connectivity index (χ0n) is 25.0. The van der Waals surface area contributed by atoms with E-state index in [1.807, 2.05) is 60.7 Å². The van der Waals surface area contributed by atoms with E-state index in [1.54, 1.807) is 69.3 Å². The molecule has 226 valence electrons. The third-order valence-corrected chi connectivity index (χ3v) is 7.09. The second-order valence-corrected chi connectivity index (χ2v) is 10.7. The van der Waals surface area contributed by atoms with Crippen molar-refractivity contribution in [1.82, 2.24) is 5.32 Å². The van der Waals surface area contributed by atoms with Crippen molar-refractivity contribution in [2.75, 3.05) is 5.32 Å². The van der Waals surface area contributed by atoms with Crippen LogP contribution in [0.3, 0.4) is 0 Å². The van der Waals surface area contributed by atoms with E-state index in [2.05, 4.69) is 10.6 Å². The topological polar surface area (TPSA) is 111 Å². The van der Waals surface area contributed by atoms with Gasteiger partial charge in [0.1, 0.15) is 19.3 Å². The minimum absolute atomic E-state index is 0.0578. The van der Waals surface area contributed by atoms with Gasteiger partial charge >= 0.3 is 12.1 Å². The maximum absolute atomic E-state index is 13.6. The fraction of sp³-hybridized carbons (Fsp3) is 0.222. The smallest absolute Gasteiger partial charge is 0.408 e. The number of nitrogens with one attached hydrogen (secondary N) is 2. The van der Waals surface area contributed by atoms with E-state index < -0.39 is 29.9 Å². The molecular weight excluding hydrogens is 556 g/mol. The van der Waals surface area contributed by atoms with Gasteiger partial charge in [-0.15, -0.1) is 0 Å². The molecule has 8 heteroatoms. The Morgan fingerprint density at radius 1 is 0.682 bits per heavy atom. The summed E-state index contributed by atoms with van der Waals surface area (Å²) >= 11 is 0. The third kappa shape index (κ3) is 8.64. The molecule has 0 aliphatic heterocycles. The summed E-state index contributed by atoms with van der Waals surface area (Å²) in [5, 5.41) is 5.46. The van der Waals surface area contributed by atoms with Crippen LogP contribution in [0.2, 0.25) is 0 Å². The largest absolute Gasteiger partial charge is 0.460 e. The molecule has 2 amide bonds. The van der Waals surface area contributed by atoms with E-state index in [1.165, 1.54) is 0 Å². The number of carbonyl (C=O) groups excluding carboxylic acids is 4. The molecule has 2 unspecified atom stereocenters. The Morgan fingerprint density at radius 3 is 1.80 bits per heavy atom.